The minimum atomic E-state index is -3.76. The molecule has 4 rings (SSSR count). The summed E-state index contributed by atoms with van der Waals surface area (Å²) in [6.45, 7) is 5.66. The molecule has 7 nitrogen and oxygen atoms in total. The van der Waals surface area contributed by atoms with Gasteiger partial charge in [0.05, 0.1) is 10.5 Å². The fraction of sp³-hybridized carbons (Fsp3) is 0.480. The van der Waals surface area contributed by atoms with E-state index < -0.39 is 10.0 Å². The lowest BCUT2D eigenvalue weighted by atomic mass is 9.84. The van der Waals surface area contributed by atoms with E-state index in [0.29, 0.717) is 23.7 Å². The standard InChI is InChI=1S/C25H34N4O3S/c1-2-27-25(30)23-18-21(10-13-24(23)29-16-14-26-15-17-29)28-33(31,32)22-11-8-20(9-12-22)19-6-4-3-5-7-19/h8-13,18-19,26,28H,2-7,14-17H2,1H3,(H,27,30). The summed E-state index contributed by atoms with van der Waals surface area (Å²) in [4.78, 5) is 15.1. The number of carbonyl (C=O) groups is 1. The Morgan fingerprint density at radius 2 is 1.73 bits per heavy atom. The summed E-state index contributed by atoms with van der Waals surface area (Å²) in [7, 11) is -3.76. The van der Waals surface area contributed by atoms with Gasteiger partial charge in [-0.2, -0.15) is 0 Å². The highest BCUT2D eigenvalue weighted by molar-refractivity contribution is 7.92. The van der Waals surface area contributed by atoms with Crippen molar-refractivity contribution in [2.75, 3.05) is 42.3 Å². The molecule has 0 atom stereocenters. The molecule has 2 aromatic rings. The summed E-state index contributed by atoms with van der Waals surface area (Å²) < 4.78 is 28.8. The molecule has 0 radical (unpaired) electrons. The maximum atomic E-state index is 13.1. The summed E-state index contributed by atoms with van der Waals surface area (Å²) in [5.41, 5.74) is 2.90. The van der Waals surface area contributed by atoms with Crippen molar-refractivity contribution >= 4 is 27.3 Å². The van der Waals surface area contributed by atoms with E-state index in [4.69, 9.17) is 0 Å². The minimum Gasteiger partial charge on any atom is -0.368 e. The van der Waals surface area contributed by atoms with Crippen LogP contribution in [0.3, 0.4) is 0 Å². The number of sulfonamides is 1. The second-order valence-electron chi connectivity index (χ2n) is 8.84. The van der Waals surface area contributed by atoms with Gasteiger partial charge in [0.1, 0.15) is 0 Å². The maximum Gasteiger partial charge on any atom is 0.261 e. The normalized spacial score (nSPS) is 17.5. The van der Waals surface area contributed by atoms with Gasteiger partial charge in [0.25, 0.3) is 15.9 Å². The van der Waals surface area contributed by atoms with E-state index in [1.54, 1.807) is 24.3 Å². The lowest BCUT2D eigenvalue weighted by molar-refractivity contribution is 0.0956. The van der Waals surface area contributed by atoms with Crippen molar-refractivity contribution in [3.63, 3.8) is 0 Å². The molecule has 8 heteroatoms. The molecule has 1 saturated heterocycles. The summed E-state index contributed by atoms with van der Waals surface area (Å²) in [6, 6.07) is 12.5. The number of piperazine rings is 1. The summed E-state index contributed by atoms with van der Waals surface area (Å²) in [6.07, 6.45) is 6.12. The first-order valence-corrected chi connectivity index (χ1v) is 13.5. The first kappa shape index (κ1) is 23.6. The van der Waals surface area contributed by atoms with E-state index in [2.05, 4.69) is 20.3 Å². The van der Waals surface area contributed by atoms with Crippen LogP contribution in [-0.2, 0) is 10.0 Å². The zero-order valence-corrected chi connectivity index (χ0v) is 20.1. The fourth-order valence-corrected chi connectivity index (χ4v) is 5.84. The Kier molecular flexibility index (Phi) is 7.55. The third-order valence-corrected chi connectivity index (χ3v) is 7.95. The number of amides is 1. The van der Waals surface area contributed by atoms with E-state index in [-0.39, 0.29) is 10.8 Å². The highest BCUT2D eigenvalue weighted by atomic mass is 32.2. The predicted octanol–water partition coefficient (Wildman–Crippen LogP) is 3.69. The number of hydrogen-bond acceptors (Lipinski definition) is 5. The van der Waals surface area contributed by atoms with Gasteiger partial charge in [0.15, 0.2) is 0 Å². The smallest absolute Gasteiger partial charge is 0.261 e. The van der Waals surface area contributed by atoms with Crippen molar-refractivity contribution in [1.29, 1.82) is 0 Å². The largest absolute Gasteiger partial charge is 0.368 e. The molecule has 178 valence electrons. The molecule has 0 spiro atoms. The van der Waals surface area contributed by atoms with Gasteiger partial charge in [0.2, 0.25) is 0 Å². The Balaban J connectivity index is 1.55. The highest BCUT2D eigenvalue weighted by Crippen LogP contribution is 2.33. The molecule has 1 amide bonds. The molecule has 33 heavy (non-hydrogen) atoms. The topological polar surface area (TPSA) is 90.5 Å². The van der Waals surface area contributed by atoms with Crippen LogP contribution < -0.4 is 20.3 Å². The lowest BCUT2D eigenvalue weighted by Crippen LogP contribution is -2.44. The van der Waals surface area contributed by atoms with Crippen LogP contribution in [0.5, 0.6) is 0 Å². The van der Waals surface area contributed by atoms with Crippen LogP contribution in [0, 0.1) is 0 Å². The lowest BCUT2D eigenvalue weighted by Gasteiger charge is -2.31. The van der Waals surface area contributed by atoms with Gasteiger partial charge >= 0.3 is 0 Å². The van der Waals surface area contributed by atoms with Crippen molar-refractivity contribution < 1.29 is 13.2 Å². The molecule has 1 aliphatic heterocycles. The van der Waals surface area contributed by atoms with Crippen molar-refractivity contribution in [3.8, 4) is 0 Å². The van der Waals surface area contributed by atoms with E-state index in [1.165, 1.54) is 37.7 Å². The average Bonchev–Trinajstić information content (AvgIpc) is 2.85. The Bertz CT molecular complexity index is 1060. The quantitative estimate of drug-likeness (QED) is 0.574. The van der Waals surface area contributed by atoms with Gasteiger partial charge < -0.3 is 15.5 Å². The van der Waals surface area contributed by atoms with Gasteiger partial charge in [-0.3, -0.25) is 9.52 Å². The zero-order valence-electron chi connectivity index (χ0n) is 19.3. The zero-order chi connectivity index (χ0) is 23.3. The molecule has 0 unspecified atom stereocenters. The molecular formula is C25H34N4O3S. The van der Waals surface area contributed by atoms with Crippen LogP contribution in [0.15, 0.2) is 47.4 Å². The first-order chi connectivity index (χ1) is 16.0. The van der Waals surface area contributed by atoms with Crippen LogP contribution in [-0.4, -0.2) is 47.0 Å². The number of nitrogens with one attached hydrogen (secondary N) is 3. The second kappa shape index (κ2) is 10.6. The van der Waals surface area contributed by atoms with E-state index in [9.17, 15) is 13.2 Å². The minimum absolute atomic E-state index is 0.205. The number of hydrogen-bond donors (Lipinski definition) is 3. The third-order valence-electron chi connectivity index (χ3n) is 6.56. The monoisotopic (exact) mass is 470 g/mol. The molecular weight excluding hydrogens is 436 g/mol. The Labute approximate surface area is 197 Å². The molecule has 1 saturated carbocycles. The summed E-state index contributed by atoms with van der Waals surface area (Å²) in [5, 5.41) is 6.15. The van der Waals surface area contributed by atoms with Gasteiger partial charge in [-0.1, -0.05) is 31.4 Å². The highest BCUT2D eigenvalue weighted by Gasteiger charge is 2.22. The van der Waals surface area contributed by atoms with Crippen LogP contribution in [0.4, 0.5) is 11.4 Å². The molecule has 1 aliphatic carbocycles. The number of anilines is 2. The molecule has 2 fully saturated rings. The first-order valence-electron chi connectivity index (χ1n) is 12.0. The summed E-state index contributed by atoms with van der Waals surface area (Å²) >= 11 is 0. The molecule has 1 heterocycles. The van der Waals surface area contributed by atoms with Crippen LogP contribution in [0.1, 0.15) is 60.9 Å². The Morgan fingerprint density at radius 1 is 1.03 bits per heavy atom. The van der Waals surface area contributed by atoms with Gasteiger partial charge in [-0.15, -0.1) is 0 Å². The third kappa shape index (κ3) is 5.68. The van der Waals surface area contributed by atoms with Crippen molar-refractivity contribution in [3.05, 3.63) is 53.6 Å². The van der Waals surface area contributed by atoms with Crippen LogP contribution >= 0.6 is 0 Å². The number of nitrogens with zero attached hydrogens (tertiary/aromatic N) is 1. The fourth-order valence-electron chi connectivity index (χ4n) is 4.79. The van der Waals surface area contributed by atoms with E-state index in [0.717, 1.165) is 31.9 Å². The van der Waals surface area contributed by atoms with Gasteiger partial charge in [-0.05, 0) is 61.6 Å². The molecule has 3 N–H and O–H groups in total. The SMILES string of the molecule is CCNC(=O)c1cc(NS(=O)(=O)c2ccc(C3CCCCC3)cc2)ccc1N1CCNCC1. The maximum absolute atomic E-state index is 13.1. The number of carbonyl (C=O) groups excluding carboxylic acids is 1. The van der Waals surface area contributed by atoms with E-state index in [1.807, 2.05) is 25.1 Å². The number of benzene rings is 2. The molecule has 2 aliphatic rings. The predicted molar refractivity (Wildman–Crippen MR) is 133 cm³/mol. The molecule has 0 bridgehead atoms. The summed E-state index contributed by atoms with van der Waals surface area (Å²) in [5.74, 6) is 0.324. The van der Waals surface area contributed by atoms with Crippen molar-refractivity contribution in [1.82, 2.24) is 10.6 Å². The van der Waals surface area contributed by atoms with Gasteiger partial charge in [-0.25, -0.2) is 8.42 Å². The molecule has 2 aromatic carbocycles. The second-order valence-corrected chi connectivity index (χ2v) is 10.5. The Hall–Kier alpha value is -2.58. The average molecular weight is 471 g/mol. The van der Waals surface area contributed by atoms with E-state index >= 15 is 0 Å². The van der Waals surface area contributed by atoms with Gasteiger partial charge in [0, 0.05) is 44.1 Å². The Morgan fingerprint density at radius 3 is 2.39 bits per heavy atom. The van der Waals surface area contributed by atoms with Crippen molar-refractivity contribution in [2.24, 2.45) is 0 Å². The number of rotatable bonds is 7. The van der Waals surface area contributed by atoms with Crippen molar-refractivity contribution in [2.45, 2.75) is 49.8 Å². The van der Waals surface area contributed by atoms with Crippen LogP contribution in [0.2, 0.25) is 0 Å². The van der Waals surface area contributed by atoms with Crippen LogP contribution in [0.25, 0.3) is 0 Å². The molecule has 0 aromatic heterocycles.